The number of nitrogens with zero attached hydrogens (tertiary/aromatic N) is 4. The summed E-state index contributed by atoms with van der Waals surface area (Å²) in [5.74, 6) is -1.54. The first kappa shape index (κ1) is 17.1. The maximum Gasteiger partial charge on any atom is 0.201 e. The Morgan fingerprint density at radius 1 is 1.08 bits per heavy atom. The van der Waals surface area contributed by atoms with Crippen molar-refractivity contribution in [1.82, 2.24) is 15.2 Å². The minimum absolute atomic E-state index is 0.178. The van der Waals surface area contributed by atoms with Crippen molar-refractivity contribution in [3.63, 3.8) is 0 Å². The normalized spacial score (nSPS) is 18.5. The monoisotopic (exact) mass is 416 g/mol. The van der Waals surface area contributed by atoms with E-state index in [2.05, 4.69) is 38.0 Å². The third-order valence-corrected chi connectivity index (χ3v) is 5.62. The molecule has 1 aromatic heterocycles. The molecule has 0 aliphatic carbocycles. The Bertz CT molecular complexity index is 1080. The zero-order chi connectivity index (χ0) is 18.6. The third-order valence-electron chi connectivity index (χ3n) is 4.93. The van der Waals surface area contributed by atoms with Gasteiger partial charge < -0.3 is 0 Å². The fraction of sp³-hybridized carbons (Fsp3) is 0.263. The van der Waals surface area contributed by atoms with Crippen LogP contribution < -0.4 is 0 Å². The minimum atomic E-state index is -1.04. The molecule has 4 rings (SSSR count). The molecular weight excluding hydrogens is 402 g/mol. The Balaban J connectivity index is 1.97. The van der Waals surface area contributed by atoms with Crippen LogP contribution >= 0.6 is 15.9 Å². The molecule has 4 nitrogen and oxygen atoms in total. The summed E-state index contributed by atoms with van der Waals surface area (Å²) in [6.45, 7) is 6.22. The lowest BCUT2D eigenvalue weighted by molar-refractivity contribution is 0.430. The molecule has 0 N–H and O–H groups in total. The summed E-state index contributed by atoms with van der Waals surface area (Å²) in [7, 11) is 0. The summed E-state index contributed by atoms with van der Waals surface area (Å²) < 4.78 is 28.3. The fourth-order valence-electron chi connectivity index (χ4n) is 3.20. The van der Waals surface area contributed by atoms with Crippen molar-refractivity contribution in [1.29, 1.82) is 0 Å². The van der Waals surface area contributed by atoms with E-state index in [0.717, 1.165) is 21.7 Å². The minimum Gasteiger partial charge on any atom is -0.274 e. The molecule has 1 aliphatic heterocycles. The van der Waals surface area contributed by atoms with E-state index in [4.69, 9.17) is 4.99 Å². The molecule has 0 spiro atoms. The van der Waals surface area contributed by atoms with Crippen molar-refractivity contribution in [2.75, 3.05) is 0 Å². The molecule has 1 unspecified atom stereocenters. The standard InChI is InChI=1S/C19H15BrF2N4/c1-9-14-10(5-4-6-11(14)20)16(24-19(9,2)3)18-23-13-8-7-12(21)15(22)17(13)25-26-18/h4-9H,1-3H3. The van der Waals surface area contributed by atoms with E-state index in [9.17, 15) is 8.78 Å². The first-order chi connectivity index (χ1) is 12.3. The van der Waals surface area contributed by atoms with E-state index in [1.807, 2.05) is 32.0 Å². The zero-order valence-electron chi connectivity index (χ0n) is 14.4. The van der Waals surface area contributed by atoms with Gasteiger partial charge in [-0.1, -0.05) is 35.0 Å². The maximum absolute atomic E-state index is 13.9. The van der Waals surface area contributed by atoms with Crippen LogP contribution in [0.5, 0.6) is 0 Å². The molecule has 0 fully saturated rings. The lowest BCUT2D eigenvalue weighted by Gasteiger charge is -2.35. The molecule has 0 saturated heterocycles. The van der Waals surface area contributed by atoms with Crippen molar-refractivity contribution in [2.45, 2.75) is 32.2 Å². The smallest absolute Gasteiger partial charge is 0.201 e. The van der Waals surface area contributed by atoms with Gasteiger partial charge in [0.25, 0.3) is 0 Å². The molecule has 2 aromatic carbocycles. The fourth-order valence-corrected chi connectivity index (χ4v) is 3.91. The van der Waals surface area contributed by atoms with Crippen LogP contribution in [0.3, 0.4) is 0 Å². The number of benzene rings is 2. The molecular formula is C19H15BrF2N4. The second-order valence-corrected chi connectivity index (χ2v) is 7.76. The third kappa shape index (κ3) is 2.53. The molecule has 0 bridgehead atoms. The highest BCUT2D eigenvalue weighted by atomic mass is 79.9. The average Bonchev–Trinajstić information content (AvgIpc) is 2.61. The lowest BCUT2D eigenvalue weighted by Crippen LogP contribution is -2.34. The first-order valence-corrected chi connectivity index (χ1v) is 8.96. The van der Waals surface area contributed by atoms with Gasteiger partial charge in [0.05, 0.1) is 11.1 Å². The van der Waals surface area contributed by atoms with Crippen LogP contribution in [0.4, 0.5) is 8.78 Å². The van der Waals surface area contributed by atoms with Crippen LogP contribution in [0.25, 0.3) is 11.0 Å². The highest BCUT2D eigenvalue weighted by Crippen LogP contribution is 2.41. The van der Waals surface area contributed by atoms with Crippen LogP contribution in [-0.2, 0) is 0 Å². The van der Waals surface area contributed by atoms with Gasteiger partial charge in [-0.25, -0.2) is 13.8 Å². The number of hydrogen-bond donors (Lipinski definition) is 0. The average molecular weight is 417 g/mol. The number of halogens is 3. The van der Waals surface area contributed by atoms with Gasteiger partial charge in [-0.3, -0.25) is 4.99 Å². The number of hydrogen-bond acceptors (Lipinski definition) is 4. The quantitative estimate of drug-likeness (QED) is 0.572. The van der Waals surface area contributed by atoms with E-state index < -0.39 is 11.6 Å². The second kappa shape index (κ2) is 5.87. The van der Waals surface area contributed by atoms with Gasteiger partial charge in [0.15, 0.2) is 17.2 Å². The zero-order valence-corrected chi connectivity index (χ0v) is 16.0. The Morgan fingerprint density at radius 2 is 1.85 bits per heavy atom. The Kier molecular flexibility index (Phi) is 3.87. The Hall–Kier alpha value is -2.28. The largest absolute Gasteiger partial charge is 0.274 e. The van der Waals surface area contributed by atoms with Crippen LogP contribution in [0.2, 0.25) is 0 Å². The molecule has 132 valence electrons. The Morgan fingerprint density at radius 3 is 2.62 bits per heavy atom. The molecule has 0 amide bonds. The van der Waals surface area contributed by atoms with Crippen molar-refractivity contribution in [3.05, 3.63) is 63.4 Å². The van der Waals surface area contributed by atoms with Crippen LogP contribution in [0.1, 0.15) is 43.6 Å². The van der Waals surface area contributed by atoms with Gasteiger partial charge in [0, 0.05) is 16.0 Å². The van der Waals surface area contributed by atoms with Crippen molar-refractivity contribution in [2.24, 2.45) is 4.99 Å². The summed E-state index contributed by atoms with van der Waals surface area (Å²) >= 11 is 3.63. The topological polar surface area (TPSA) is 51.0 Å². The summed E-state index contributed by atoms with van der Waals surface area (Å²) in [6.07, 6.45) is 0. The molecule has 7 heteroatoms. The lowest BCUT2D eigenvalue weighted by atomic mass is 9.78. The Labute approximate surface area is 157 Å². The first-order valence-electron chi connectivity index (χ1n) is 8.17. The molecule has 2 heterocycles. The predicted molar refractivity (Wildman–Crippen MR) is 99.5 cm³/mol. The highest BCUT2D eigenvalue weighted by Gasteiger charge is 2.36. The summed E-state index contributed by atoms with van der Waals surface area (Å²) in [4.78, 5) is 9.25. The van der Waals surface area contributed by atoms with Gasteiger partial charge in [-0.15, -0.1) is 10.2 Å². The summed E-state index contributed by atoms with van der Waals surface area (Å²) in [5, 5.41) is 7.90. The van der Waals surface area contributed by atoms with Gasteiger partial charge >= 0.3 is 0 Å². The van der Waals surface area contributed by atoms with E-state index >= 15 is 0 Å². The van der Waals surface area contributed by atoms with Crippen molar-refractivity contribution in [3.8, 4) is 0 Å². The van der Waals surface area contributed by atoms with E-state index in [-0.39, 0.29) is 22.5 Å². The molecule has 1 atom stereocenters. The van der Waals surface area contributed by atoms with Crippen LogP contribution in [0, 0.1) is 11.6 Å². The van der Waals surface area contributed by atoms with Gasteiger partial charge in [0.2, 0.25) is 5.82 Å². The maximum atomic E-state index is 13.9. The molecule has 0 saturated carbocycles. The summed E-state index contributed by atoms with van der Waals surface area (Å²) in [5.41, 5.74) is 2.31. The predicted octanol–water partition coefficient (Wildman–Crippen LogP) is 4.80. The number of aliphatic imine (C=N–C) groups is 1. The molecule has 0 radical (unpaired) electrons. The van der Waals surface area contributed by atoms with E-state index in [0.29, 0.717) is 11.5 Å². The van der Waals surface area contributed by atoms with Crippen LogP contribution in [-0.4, -0.2) is 26.4 Å². The highest BCUT2D eigenvalue weighted by molar-refractivity contribution is 9.10. The number of rotatable bonds is 1. The van der Waals surface area contributed by atoms with E-state index in [1.54, 1.807) is 0 Å². The molecule has 3 aromatic rings. The second-order valence-electron chi connectivity index (χ2n) is 6.90. The van der Waals surface area contributed by atoms with Crippen molar-refractivity contribution >= 4 is 32.7 Å². The number of aromatic nitrogens is 3. The van der Waals surface area contributed by atoms with E-state index in [1.165, 1.54) is 6.07 Å². The number of fused-ring (bicyclic) bond motifs is 2. The SMILES string of the molecule is CC1c2c(Br)cccc2C(c2nnc3c(F)c(F)ccc3n2)=NC1(C)C. The van der Waals surface area contributed by atoms with Crippen molar-refractivity contribution < 1.29 is 8.78 Å². The van der Waals surface area contributed by atoms with Crippen LogP contribution in [0.15, 0.2) is 39.8 Å². The van der Waals surface area contributed by atoms with Gasteiger partial charge in [-0.05, 0) is 37.6 Å². The molecule has 26 heavy (non-hydrogen) atoms. The summed E-state index contributed by atoms with van der Waals surface area (Å²) in [6, 6.07) is 8.31. The molecule has 1 aliphatic rings. The van der Waals surface area contributed by atoms with Gasteiger partial charge in [0.1, 0.15) is 5.71 Å². The van der Waals surface area contributed by atoms with Gasteiger partial charge in [-0.2, -0.15) is 0 Å².